The van der Waals surface area contributed by atoms with Gasteiger partial charge in [0.2, 0.25) is 5.58 Å². The third-order valence-electron chi connectivity index (χ3n) is 3.19. The molecule has 0 bridgehead atoms. The van der Waals surface area contributed by atoms with Gasteiger partial charge in [0.25, 0.3) is 0 Å². The van der Waals surface area contributed by atoms with Crippen molar-refractivity contribution in [3.63, 3.8) is 0 Å². The number of oxime groups is 1. The molecule has 3 rings (SSSR count). The molecule has 1 aliphatic rings. The van der Waals surface area contributed by atoms with Gasteiger partial charge in [-0.05, 0) is 18.9 Å². The van der Waals surface area contributed by atoms with Gasteiger partial charge in [0.05, 0.1) is 10.6 Å². The van der Waals surface area contributed by atoms with E-state index in [1.165, 1.54) is 6.07 Å². The first-order valence-electron chi connectivity index (χ1n) is 5.62. The first kappa shape index (κ1) is 10.8. The van der Waals surface area contributed by atoms with E-state index in [9.17, 15) is 10.1 Å². The summed E-state index contributed by atoms with van der Waals surface area (Å²) in [6.45, 7) is 0. The number of nitro groups is 1. The summed E-state index contributed by atoms with van der Waals surface area (Å²) >= 11 is 0. The zero-order chi connectivity index (χ0) is 12.7. The minimum absolute atomic E-state index is 0.0563. The molecule has 1 N–H and O–H groups in total. The Balaban J connectivity index is 2.37. The highest BCUT2D eigenvalue weighted by Crippen LogP contribution is 2.36. The van der Waals surface area contributed by atoms with Crippen LogP contribution in [0.4, 0.5) is 5.69 Å². The summed E-state index contributed by atoms with van der Waals surface area (Å²) in [6, 6.07) is 4.77. The maximum atomic E-state index is 10.9. The molecule has 0 amide bonds. The zero-order valence-electron chi connectivity index (χ0n) is 9.42. The quantitative estimate of drug-likeness (QED) is 0.476. The Bertz CT molecular complexity index is 672. The monoisotopic (exact) mass is 246 g/mol. The van der Waals surface area contributed by atoms with Gasteiger partial charge in [-0.1, -0.05) is 11.2 Å². The Hall–Kier alpha value is -2.37. The number of non-ortho nitro benzene ring substituents is 1. The van der Waals surface area contributed by atoms with Gasteiger partial charge < -0.3 is 9.62 Å². The smallest absolute Gasteiger partial charge is 0.312 e. The number of hydrogen-bond acceptors (Lipinski definition) is 5. The van der Waals surface area contributed by atoms with E-state index < -0.39 is 4.92 Å². The molecule has 1 aliphatic carbocycles. The van der Waals surface area contributed by atoms with E-state index in [0.29, 0.717) is 35.3 Å². The van der Waals surface area contributed by atoms with Crippen molar-refractivity contribution in [1.29, 1.82) is 0 Å². The molecular weight excluding hydrogens is 236 g/mol. The summed E-state index contributed by atoms with van der Waals surface area (Å²) in [6.07, 6.45) is 2.18. The number of rotatable bonds is 1. The fraction of sp³-hybridized carbons (Fsp3) is 0.250. The topological polar surface area (TPSA) is 88.9 Å². The molecule has 0 spiro atoms. The van der Waals surface area contributed by atoms with Gasteiger partial charge in [0.15, 0.2) is 0 Å². The molecule has 0 atom stereocenters. The van der Waals surface area contributed by atoms with Gasteiger partial charge in [-0.3, -0.25) is 10.1 Å². The van der Waals surface area contributed by atoms with Gasteiger partial charge in [-0.15, -0.1) is 0 Å². The van der Waals surface area contributed by atoms with E-state index in [1.54, 1.807) is 12.1 Å². The fourth-order valence-corrected chi connectivity index (χ4v) is 2.43. The zero-order valence-corrected chi connectivity index (χ0v) is 9.42. The molecule has 0 unspecified atom stereocenters. The van der Waals surface area contributed by atoms with Crippen molar-refractivity contribution < 1.29 is 14.5 Å². The standard InChI is InChI=1S/C12H10N2O4/c15-13-8-4-2-6-10-11(8)7-3-1-5-9(14(16)17)12(7)18-10/h1,3,5,15H,2,4,6H2/b13-8-. The van der Waals surface area contributed by atoms with Gasteiger partial charge in [-0.25, -0.2) is 0 Å². The molecule has 0 fully saturated rings. The minimum atomic E-state index is -0.465. The number of nitro benzene ring substituents is 1. The predicted octanol–water partition coefficient (Wildman–Crippen LogP) is 2.86. The summed E-state index contributed by atoms with van der Waals surface area (Å²) in [4.78, 5) is 10.5. The van der Waals surface area contributed by atoms with E-state index in [4.69, 9.17) is 9.62 Å². The highest BCUT2D eigenvalue weighted by atomic mass is 16.6. The molecule has 0 aliphatic heterocycles. The van der Waals surface area contributed by atoms with Crippen molar-refractivity contribution in [2.24, 2.45) is 5.16 Å². The van der Waals surface area contributed by atoms with Crippen LogP contribution in [0.25, 0.3) is 11.0 Å². The van der Waals surface area contributed by atoms with Gasteiger partial charge in [-0.2, -0.15) is 0 Å². The summed E-state index contributed by atoms with van der Waals surface area (Å²) in [5.41, 5.74) is 1.45. The lowest BCUT2D eigenvalue weighted by atomic mass is 9.94. The average molecular weight is 246 g/mol. The van der Waals surface area contributed by atoms with Crippen LogP contribution in [0.3, 0.4) is 0 Å². The number of aryl methyl sites for hydroxylation is 1. The Morgan fingerprint density at radius 2 is 2.22 bits per heavy atom. The molecule has 6 heteroatoms. The number of benzene rings is 1. The summed E-state index contributed by atoms with van der Waals surface area (Å²) in [5.74, 6) is 0.665. The second kappa shape index (κ2) is 3.83. The van der Waals surface area contributed by atoms with Crippen LogP contribution < -0.4 is 0 Å². The van der Waals surface area contributed by atoms with E-state index >= 15 is 0 Å². The van der Waals surface area contributed by atoms with Crippen LogP contribution in [0, 0.1) is 10.1 Å². The Kier molecular flexibility index (Phi) is 2.29. The van der Waals surface area contributed by atoms with Gasteiger partial charge in [0, 0.05) is 23.4 Å². The largest absolute Gasteiger partial charge is 0.453 e. The summed E-state index contributed by atoms with van der Waals surface area (Å²) in [5, 5.41) is 23.9. The van der Waals surface area contributed by atoms with E-state index in [2.05, 4.69) is 5.16 Å². The second-order valence-electron chi connectivity index (χ2n) is 4.21. The molecule has 18 heavy (non-hydrogen) atoms. The Morgan fingerprint density at radius 1 is 1.39 bits per heavy atom. The Labute approximate surface area is 102 Å². The van der Waals surface area contributed by atoms with Crippen LogP contribution in [0.15, 0.2) is 27.8 Å². The molecule has 1 aromatic carbocycles. The molecule has 0 saturated carbocycles. The normalized spacial score (nSPS) is 17.0. The molecule has 0 saturated heterocycles. The van der Waals surface area contributed by atoms with Crippen molar-refractivity contribution in [1.82, 2.24) is 0 Å². The minimum Gasteiger partial charge on any atom is -0.453 e. The highest BCUT2D eigenvalue weighted by Gasteiger charge is 2.27. The molecule has 1 aromatic heterocycles. The van der Waals surface area contributed by atoms with Crippen LogP contribution in [0.5, 0.6) is 0 Å². The lowest BCUT2D eigenvalue weighted by Gasteiger charge is -2.10. The first-order chi connectivity index (χ1) is 8.72. The summed E-state index contributed by atoms with van der Waals surface area (Å²) in [7, 11) is 0. The third kappa shape index (κ3) is 1.38. The SMILES string of the molecule is O=[N+]([O-])c1cccc2c3c(oc12)CCC/C3=N/O. The second-order valence-corrected chi connectivity index (χ2v) is 4.21. The van der Waals surface area contributed by atoms with Gasteiger partial charge >= 0.3 is 5.69 Å². The van der Waals surface area contributed by atoms with Crippen molar-refractivity contribution in [2.45, 2.75) is 19.3 Å². The van der Waals surface area contributed by atoms with Gasteiger partial charge in [0.1, 0.15) is 5.76 Å². The number of hydrogen-bond donors (Lipinski definition) is 1. The maximum Gasteiger partial charge on any atom is 0.312 e. The highest BCUT2D eigenvalue weighted by molar-refractivity contribution is 6.12. The number of nitrogens with zero attached hydrogens (tertiary/aromatic N) is 2. The Morgan fingerprint density at radius 3 is 2.94 bits per heavy atom. The van der Waals surface area contributed by atoms with Crippen LogP contribution in [0.1, 0.15) is 24.2 Å². The predicted molar refractivity (Wildman–Crippen MR) is 64.1 cm³/mol. The number of para-hydroxylation sites is 1. The van der Waals surface area contributed by atoms with Crippen molar-refractivity contribution in [2.75, 3.05) is 0 Å². The van der Waals surface area contributed by atoms with Crippen LogP contribution in [-0.2, 0) is 6.42 Å². The lowest BCUT2D eigenvalue weighted by Crippen LogP contribution is -2.09. The maximum absolute atomic E-state index is 10.9. The van der Waals surface area contributed by atoms with E-state index in [0.717, 1.165) is 6.42 Å². The number of furan rings is 1. The molecule has 1 heterocycles. The average Bonchev–Trinajstić information content (AvgIpc) is 2.76. The molecule has 0 radical (unpaired) electrons. The molecule has 92 valence electrons. The fourth-order valence-electron chi connectivity index (χ4n) is 2.43. The van der Waals surface area contributed by atoms with Crippen molar-refractivity contribution in [3.05, 3.63) is 39.6 Å². The van der Waals surface area contributed by atoms with Crippen LogP contribution >= 0.6 is 0 Å². The van der Waals surface area contributed by atoms with Crippen LogP contribution in [-0.4, -0.2) is 15.8 Å². The lowest BCUT2D eigenvalue weighted by molar-refractivity contribution is -0.383. The van der Waals surface area contributed by atoms with Crippen LogP contribution in [0.2, 0.25) is 0 Å². The van der Waals surface area contributed by atoms with Crippen molar-refractivity contribution in [3.8, 4) is 0 Å². The van der Waals surface area contributed by atoms with Crippen molar-refractivity contribution >= 4 is 22.4 Å². The summed E-state index contributed by atoms with van der Waals surface area (Å²) < 4.78 is 5.58. The first-order valence-corrected chi connectivity index (χ1v) is 5.62. The molecule has 2 aromatic rings. The third-order valence-corrected chi connectivity index (χ3v) is 3.19. The molecule has 6 nitrogen and oxygen atoms in total. The number of fused-ring (bicyclic) bond motifs is 3. The van der Waals surface area contributed by atoms with E-state index in [-0.39, 0.29) is 11.3 Å². The van der Waals surface area contributed by atoms with E-state index in [1.807, 2.05) is 0 Å². The molecular formula is C12H10N2O4.